The van der Waals surface area contributed by atoms with Gasteiger partial charge in [0.2, 0.25) is 0 Å². The summed E-state index contributed by atoms with van der Waals surface area (Å²) in [5.41, 5.74) is 9.22. The van der Waals surface area contributed by atoms with E-state index in [1.54, 1.807) is 18.3 Å². The summed E-state index contributed by atoms with van der Waals surface area (Å²) in [4.78, 5) is 12.4. The van der Waals surface area contributed by atoms with Gasteiger partial charge in [0.25, 0.3) is 0 Å². The zero-order valence-electron chi connectivity index (χ0n) is 20.3. The van der Waals surface area contributed by atoms with Crippen molar-refractivity contribution in [2.24, 2.45) is 5.10 Å². The van der Waals surface area contributed by atoms with E-state index in [0.29, 0.717) is 5.76 Å². The molecule has 0 aliphatic carbocycles. The summed E-state index contributed by atoms with van der Waals surface area (Å²) in [7, 11) is 0. The molecule has 0 saturated heterocycles. The van der Waals surface area contributed by atoms with Crippen LogP contribution in [0.25, 0.3) is 5.69 Å². The highest BCUT2D eigenvalue weighted by Crippen LogP contribution is 2.21. The Labute approximate surface area is 199 Å². The van der Waals surface area contributed by atoms with Crippen molar-refractivity contribution in [2.45, 2.75) is 47.8 Å². The van der Waals surface area contributed by atoms with Crippen LogP contribution in [0.1, 0.15) is 51.6 Å². The SMILES string of the molecule is CCn1c(C)cc(/C=N/NC(=O)c2ccc(COc3ccc(-n4c(C)ccc4C)cc3)o2)c1C. The predicted molar refractivity (Wildman–Crippen MR) is 133 cm³/mol. The number of hydrogen-bond donors (Lipinski definition) is 1. The van der Waals surface area contributed by atoms with Gasteiger partial charge in [0.1, 0.15) is 18.1 Å². The fraction of sp³-hybridized carbons (Fsp3) is 0.259. The number of hydrazone groups is 1. The Hall–Kier alpha value is -4.00. The van der Waals surface area contributed by atoms with Crippen molar-refractivity contribution in [3.05, 3.63) is 94.5 Å². The number of hydrogen-bond acceptors (Lipinski definition) is 4. The van der Waals surface area contributed by atoms with Gasteiger partial charge in [-0.25, -0.2) is 5.43 Å². The van der Waals surface area contributed by atoms with Crippen LogP contribution in [0.4, 0.5) is 0 Å². The predicted octanol–water partition coefficient (Wildman–Crippen LogP) is 5.47. The minimum atomic E-state index is -0.409. The lowest BCUT2D eigenvalue weighted by atomic mass is 10.3. The fourth-order valence-electron chi connectivity index (χ4n) is 4.16. The molecule has 3 aromatic heterocycles. The molecular weight excluding hydrogens is 428 g/mol. The average molecular weight is 459 g/mol. The maximum absolute atomic E-state index is 12.4. The third kappa shape index (κ3) is 4.83. The Bertz CT molecular complexity index is 1300. The highest BCUT2D eigenvalue weighted by atomic mass is 16.5. The molecule has 1 N–H and O–H groups in total. The van der Waals surface area contributed by atoms with Crippen LogP contribution >= 0.6 is 0 Å². The van der Waals surface area contributed by atoms with Gasteiger partial charge >= 0.3 is 5.91 Å². The first-order chi connectivity index (χ1) is 16.4. The van der Waals surface area contributed by atoms with Gasteiger partial charge in [0.15, 0.2) is 5.76 Å². The van der Waals surface area contributed by atoms with E-state index >= 15 is 0 Å². The number of aromatic nitrogens is 2. The van der Waals surface area contributed by atoms with Crippen LogP contribution in [-0.2, 0) is 13.2 Å². The second-order valence-electron chi connectivity index (χ2n) is 8.27. The van der Waals surface area contributed by atoms with Crippen molar-refractivity contribution in [1.82, 2.24) is 14.6 Å². The lowest BCUT2D eigenvalue weighted by molar-refractivity contribution is 0.0923. The molecule has 1 aromatic carbocycles. The maximum Gasteiger partial charge on any atom is 0.307 e. The highest BCUT2D eigenvalue weighted by molar-refractivity contribution is 5.92. The third-order valence-corrected chi connectivity index (χ3v) is 5.93. The van der Waals surface area contributed by atoms with E-state index in [2.05, 4.69) is 59.5 Å². The molecule has 0 atom stereocenters. The van der Waals surface area contributed by atoms with Gasteiger partial charge < -0.3 is 18.3 Å². The first-order valence-corrected chi connectivity index (χ1v) is 11.3. The molecule has 0 aliphatic heterocycles. The monoisotopic (exact) mass is 458 g/mol. The lowest BCUT2D eigenvalue weighted by Gasteiger charge is -2.10. The highest BCUT2D eigenvalue weighted by Gasteiger charge is 2.12. The number of benzene rings is 1. The van der Waals surface area contributed by atoms with E-state index in [9.17, 15) is 4.79 Å². The molecule has 0 saturated carbocycles. The second kappa shape index (κ2) is 9.87. The zero-order chi connectivity index (χ0) is 24.2. The maximum atomic E-state index is 12.4. The molecule has 176 valence electrons. The van der Waals surface area contributed by atoms with Gasteiger partial charge in [0.05, 0.1) is 6.21 Å². The van der Waals surface area contributed by atoms with Gasteiger partial charge in [-0.1, -0.05) is 0 Å². The lowest BCUT2D eigenvalue weighted by Crippen LogP contribution is -2.16. The Balaban J connectivity index is 1.32. The standard InChI is InChI=1S/C27H30N4O3/c1-6-30-20(4)15-22(21(30)5)16-28-29-27(32)26-14-13-25(34-26)17-33-24-11-9-23(10-12-24)31-18(2)7-8-19(31)3/h7-16H,6,17H2,1-5H3,(H,29,32)/b28-16+. The number of aryl methyl sites for hydroxylation is 3. The molecule has 0 aliphatic rings. The zero-order valence-corrected chi connectivity index (χ0v) is 20.3. The van der Waals surface area contributed by atoms with Gasteiger partial charge in [-0.3, -0.25) is 4.79 Å². The van der Waals surface area contributed by atoms with Crippen LogP contribution in [-0.4, -0.2) is 21.3 Å². The normalized spacial score (nSPS) is 11.3. The van der Waals surface area contributed by atoms with Gasteiger partial charge in [0, 0.05) is 40.6 Å². The van der Waals surface area contributed by atoms with E-state index in [4.69, 9.17) is 9.15 Å². The van der Waals surface area contributed by atoms with E-state index in [1.165, 1.54) is 11.4 Å². The average Bonchev–Trinajstić information content (AvgIpc) is 3.50. The fourth-order valence-corrected chi connectivity index (χ4v) is 4.16. The van der Waals surface area contributed by atoms with Crippen molar-refractivity contribution in [3.8, 4) is 11.4 Å². The summed E-state index contributed by atoms with van der Waals surface area (Å²) >= 11 is 0. The topological polar surface area (TPSA) is 73.7 Å². The number of nitrogens with one attached hydrogen (secondary N) is 1. The van der Waals surface area contributed by atoms with Crippen LogP contribution in [0, 0.1) is 27.7 Å². The van der Waals surface area contributed by atoms with Crippen molar-refractivity contribution in [3.63, 3.8) is 0 Å². The Kier molecular flexibility index (Phi) is 6.72. The largest absolute Gasteiger partial charge is 0.486 e. The van der Waals surface area contributed by atoms with E-state index in [-0.39, 0.29) is 12.4 Å². The Morgan fingerprint density at radius 1 is 1.00 bits per heavy atom. The number of nitrogens with zero attached hydrogens (tertiary/aromatic N) is 3. The molecule has 34 heavy (non-hydrogen) atoms. The molecular formula is C27H30N4O3. The van der Waals surface area contributed by atoms with E-state index in [1.807, 2.05) is 37.3 Å². The minimum absolute atomic E-state index is 0.184. The minimum Gasteiger partial charge on any atom is -0.486 e. The van der Waals surface area contributed by atoms with Crippen LogP contribution in [0.5, 0.6) is 5.75 Å². The van der Waals surface area contributed by atoms with Crippen LogP contribution in [0.15, 0.2) is 64.1 Å². The van der Waals surface area contributed by atoms with E-state index < -0.39 is 5.91 Å². The smallest absolute Gasteiger partial charge is 0.307 e. The summed E-state index contributed by atoms with van der Waals surface area (Å²) in [5, 5.41) is 4.08. The molecule has 7 heteroatoms. The van der Waals surface area contributed by atoms with Gasteiger partial charge in [-0.05, 0) is 89.2 Å². The van der Waals surface area contributed by atoms with Gasteiger partial charge in [-0.2, -0.15) is 5.10 Å². The molecule has 1 amide bonds. The summed E-state index contributed by atoms with van der Waals surface area (Å²) in [6.45, 7) is 11.5. The molecule has 4 rings (SSSR count). The summed E-state index contributed by atoms with van der Waals surface area (Å²) in [6, 6.07) is 17.5. The van der Waals surface area contributed by atoms with E-state index in [0.717, 1.165) is 34.9 Å². The molecule has 0 unspecified atom stereocenters. The second-order valence-corrected chi connectivity index (χ2v) is 8.27. The molecule has 4 aromatic rings. The number of rotatable bonds is 8. The number of furan rings is 1. The van der Waals surface area contributed by atoms with Crippen LogP contribution < -0.4 is 10.2 Å². The molecule has 3 heterocycles. The first-order valence-electron chi connectivity index (χ1n) is 11.3. The molecule has 0 radical (unpaired) electrons. The Morgan fingerprint density at radius 2 is 1.71 bits per heavy atom. The summed E-state index contributed by atoms with van der Waals surface area (Å²) in [5.74, 6) is 1.06. The molecule has 0 bridgehead atoms. The van der Waals surface area contributed by atoms with Crippen LogP contribution in [0.3, 0.4) is 0 Å². The van der Waals surface area contributed by atoms with Crippen molar-refractivity contribution >= 4 is 12.1 Å². The number of carbonyl (C=O) groups is 1. The van der Waals surface area contributed by atoms with Gasteiger partial charge in [-0.15, -0.1) is 0 Å². The molecule has 0 fully saturated rings. The number of amides is 1. The van der Waals surface area contributed by atoms with Crippen molar-refractivity contribution in [1.29, 1.82) is 0 Å². The van der Waals surface area contributed by atoms with Crippen molar-refractivity contribution in [2.75, 3.05) is 0 Å². The summed E-state index contributed by atoms with van der Waals surface area (Å²) in [6.07, 6.45) is 1.65. The molecule has 0 spiro atoms. The third-order valence-electron chi connectivity index (χ3n) is 5.93. The quantitative estimate of drug-likeness (QED) is 0.281. The molecule has 7 nitrogen and oxygen atoms in total. The summed E-state index contributed by atoms with van der Waals surface area (Å²) < 4.78 is 15.8. The number of carbonyl (C=O) groups excluding carboxylic acids is 1. The first kappa shape index (κ1) is 23.2. The van der Waals surface area contributed by atoms with Crippen molar-refractivity contribution < 1.29 is 13.9 Å². The number of ether oxygens (including phenoxy) is 1. The van der Waals surface area contributed by atoms with Crippen LogP contribution in [0.2, 0.25) is 0 Å². The Morgan fingerprint density at radius 3 is 2.35 bits per heavy atom.